The molecular weight excluding hydrogens is 184 g/mol. The SMILES string of the molecule is CCN(CC)C(CC)(CC)C(N)C1CC1. The van der Waals surface area contributed by atoms with E-state index in [9.17, 15) is 0 Å². The molecule has 2 nitrogen and oxygen atoms in total. The summed E-state index contributed by atoms with van der Waals surface area (Å²) in [5, 5.41) is 0. The zero-order valence-electron chi connectivity index (χ0n) is 10.9. The van der Waals surface area contributed by atoms with Crippen molar-refractivity contribution >= 4 is 0 Å². The zero-order valence-corrected chi connectivity index (χ0v) is 10.9. The maximum absolute atomic E-state index is 6.49. The van der Waals surface area contributed by atoms with Crippen molar-refractivity contribution in [1.82, 2.24) is 4.90 Å². The summed E-state index contributed by atoms with van der Waals surface area (Å²) in [6, 6.07) is 0.382. The molecule has 0 heterocycles. The van der Waals surface area contributed by atoms with Gasteiger partial charge in [0.1, 0.15) is 0 Å². The Morgan fingerprint density at radius 3 is 1.87 bits per heavy atom. The van der Waals surface area contributed by atoms with Crippen molar-refractivity contribution in [3.8, 4) is 0 Å². The highest BCUT2D eigenvalue weighted by Gasteiger charge is 2.44. The molecule has 0 spiro atoms. The van der Waals surface area contributed by atoms with E-state index >= 15 is 0 Å². The zero-order chi connectivity index (χ0) is 11.5. The van der Waals surface area contributed by atoms with E-state index in [1.807, 2.05) is 0 Å². The van der Waals surface area contributed by atoms with Gasteiger partial charge in [0.2, 0.25) is 0 Å². The normalized spacial score (nSPS) is 19.6. The lowest BCUT2D eigenvalue weighted by Gasteiger charge is -2.47. The van der Waals surface area contributed by atoms with Gasteiger partial charge in [-0.15, -0.1) is 0 Å². The summed E-state index contributed by atoms with van der Waals surface area (Å²) in [6.45, 7) is 11.3. The molecular formula is C13H28N2. The summed E-state index contributed by atoms with van der Waals surface area (Å²) in [5.74, 6) is 0.797. The van der Waals surface area contributed by atoms with Gasteiger partial charge in [-0.2, -0.15) is 0 Å². The molecule has 0 aromatic rings. The second kappa shape index (κ2) is 5.31. The molecule has 0 radical (unpaired) electrons. The minimum Gasteiger partial charge on any atom is -0.326 e. The highest BCUT2D eigenvalue weighted by molar-refractivity contribution is 5.03. The first kappa shape index (κ1) is 13.0. The summed E-state index contributed by atoms with van der Waals surface area (Å²) >= 11 is 0. The van der Waals surface area contributed by atoms with Crippen LogP contribution in [0.15, 0.2) is 0 Å². The van der Waals surface area contributed by atoms with E-state index < -0.39 is 0 Å². The molecule has 0 aliphatic heterocycles. The van der Waals surface area contributed by atoms with Gasteiger partial charge in [0, 0.05) is 11.6 Å². The standard InChI is InChI=1S/C13H28N2/c1-5-13(6-2,15(7-3)8-4)12(14)11-9-10-11/h11-12H,5-10,14H2,1-4H3. The van der Waals surface area contributed by atoms with E-state index in [0.29, 0.717) is 6.04 Å². The third-order valence-corrected chi connectivity index (χ3v) is 4.37. The van der Waals surface area contributed by atoms with Gasteiger partial charge in [0.05, 0.1) is 0 Å². The molecule has 1 aliphatic carbocycles. The van der Waals surface area contributed by atoms with Gasteiger partial charge in [-0.05, 0) is 44.7 Å². The average Bonchev–Trinajstić information content (AvgIpc) is 3.09. The Bertz CT molecular complexity index is 175. The minimum absolute atomic E-state index is 0.255. The molecule has 15 heavy (non-hydrogen) atoms. The smallest absolute Gasteiger partial charge is 0.0357 e. The van der Waals surface area contributed by atoms with Crippen LogP contribution in [0.3, 0.4) is 0 Å². The minimum atomic E-state index is 0.255. The van der Waals surface area contributed by atoms with Gasteiger partial charge < -0.3 is 5.73 Å². The first-order chi connectivity index (χ1) is 7.16. The lowest BCUT2D eigenvalue weighted by molar-refractivity contribution is 0.0556. The van der Waals surface area contributed by atoms with Crippen LogP contribution >= 0.6 is 0 Å². The Balaban J connectivity index is 2.82. The molecule has 0 aromatic carbocycles. The fraction of sp³-hybridized carbons (Fsp3) is 1.00. The van der Waals surface area contributed by atoms with Crippen LogP contribution in [0.25, 0.3) is 0 Å². The van der Waals surface area contributed by atoms with E-state index in [-0.39, 0.29) is 5.54 Å². The van der Waals surface area contributed by atoms with Gasteiger partial charge in [0.25, 0.3) is 0 Å². The van der Waals surface area contributed by atoms with Crippen molar-refractivity contribution in [3.05, 3.63) is 0 Å². The summed E-state index contributed by atoms with van der Waals surface area (Å²) in [6.07, 6.45) is 5.07. The Hall–Kier alpha value is -0.0800. The van der Waals surface area contributed by atoms with Gasteiger partial charge in [-0.25, -0.2) is 0 Å². The van der Waals surface area contributed by atoms with Crippen LogP contribution in [0.4, 0.5) is 0 Å². The van der Waals surface area contributed by atoms with Crippen LogP contribution in [0.1, 0.15) is 53.4 Å². The summed E-state index contributed by atoms with van der Waals surface area (Å²) in [5.41, 5.74) is 6.74. The third kappa shape index (κ3) is 2.36. The van der Waals surface area contributed by atoms with E-state index in [0.717, 1.165) is 19.0 Å². The fourth-order valence-corrected chi connectivity index (χ4v) is 3.13. The second-order valence-corrected chi connectivity index (χ2v) is 4.85. The predicted molar refractivity (Wildman–Crippen MR) is 66.9 cm³/mol. The van der Waals surface area contributed by atoms with Crippen LogP contribution in [-0.2, 0) is 0 Å². The molecule has 1 saturated carbocycles. The van der Waals surface area contributed by atoms with Crippen molar-refractivity contribution in [2.45, 2.75) is 65.0 Å². The fourth-order valence-electron chi connectivity index (χ4n) is 3.13. The van der Waals surface area contributed by atoms with E-state index in [1.165, 1.54) is 25.7 Å². The molecule has 1 unspecified atom stereocenters. The molecule has 2 heteroatoms. The Kier molecular flexibility index (Phi) is 4.60. The lowest BCUT2D eigenvalue weighted by atomic mass is 9.80. The number of likely N-dealkylation sites (N-methyl/N-ethyl adjacent to an activating group) is 1. The topological polar surface area (TPSA) is 29.3 Å². The first-order valence-corrected chi connectivity index (χ1v) is 6.66. The van der Waals surface area contributed by atoms with Gasteiger partial charge >= 0.3 is 0 Å². The maximum Gasteiger partial charge on any atom is 0.0357 e. The van der Waals surface area contributed by atoms with E-state index in [2.05, 4.69) is 32.6 Å². The molecule has 1 aliphatic rings. The molecule has 1 fully saturated rings. The molecule has 1 atom stereocenters. The average molecular weight is 212 g/mol. The van der Waals surface area contributed by atoms with E-state index in [4.69, 9.17) is 5.73 Å². The second-order valence-electron chi connectivity index (χ2n) is 4.85. The molecule has 90 valence electrons. The van der Waals surface area contributed by atoms with Crippen molar-refractivity contribution in [2.24, 2.45) is 11.7 Å². The van der Waals surface area contributed by atoms with Crippen LogP contribution in [0.2, 0.25) is 0 Å². The van der Waals surface area contributed by atoms with Gasteiger partial charge in [0.15, 0.2) is 0 Å². The number of hydrogen-bond donors (Lipinski definition) is 1. The van der Waals surface area contributed by atoms with Crippen LogP contribution < -0.4 is 5.73 Å². The quantitative estimate of drug-likeness (QED) is 0.703. The molecule has 0 bridgehead atoms. The Labute approximate surface area is 95.2 Å². The highest BCUT2D eigenvalue weighted by atomic mass is 15.2. The number of nitrogens with two attached hydrogens (primary N) is 1. The van der Waals surface area contributed by atoms with Crippen molar-refractivity contribution in [2.75, 3.05) is 13.1 Å². The van der Waals surface area contributed by atoms with Crippen molar-refractivity contribution in [1.29, 1.82) is 0 Å². The highest BCUT2D eigenvalue weighted by Crippen LogP contribution is 2.41. The van der Waals surface area contributed by atoms with Crippen molar-refractivity contribution in [3.63, 3.8) is 0 Å². The third-order valence-electron chi connectivity index (χ3n) is 4.37. The number of rotatable bonds is 7. The predicted octanol–water partition coefficient (Wildman–Crippen LogP) is 2.62. The number of hydrogen-bond acceptors (Lipinski definition) is 2. The van der Waals surface area contributed by atoms with Crippen LogP contribution in [-0.4, -0.2) is 29.6 Å². The molecule has 0 aromatic heterocycles. The molecule has 0 amide bonds. The summed E-state index contributed by atoms with van der Waals surface area (Å²) in [7, 11) is 0. The number of nitrogens with zero attached hydrogens (tertiary/aromatic N) is 1. The van der Waals surface area contributed by atoms with Crippen LogP contribution in [0, 0.1) is 5.92 Å². The largest absolute Gasteiger partial charge is 0.326 e. The van der Waals surface area contributed by atoms with Gasteiger partial charge in [-0.1, -0.05) is 27.7 Å². The molecule has 0 saturated heterocycles. The first-order valence-electron chi connectivity index (χ1n) is 6.66. The molecule has 1 rings (SSSR count). The monoisotopic (exact) mass is 212 g/mol. The summed E-state index contributed by atoms with van der Waals surface area (Å²) < 4.78 is 0. The van der Waals surface area contributed by atoms with Crippen molar-refractivity contribution < 1.29 is 0 Å². The maximum atomic E-state index is 6.49. The summed E-state index contributed by atoms with van der Waals surface area (Å²) in [4.78, 5) is 2.58. The lowest BCUT2D eigenvalue weighted by Crippen LogP contribution is -2.60. The van der Waals surface area contributed by atoms with E-state index in [1.54, 1.807) is 0 Å². The van der Waals surface area contributed by atoms with Crippen LogP contribution in [0.5, 0.6) is 0 Å². The Morgan fingerprint density at radius 1 is 1.13 bits per heavy atom. The molecule has 2 N–H and O–H groups in total. The van der Waals surface area contributed by atoms with Gasteiger partial charge in [-0.3, -0.25) is 4.90 Å². The Morgan fingerprint density at radius 2 is 1.60 bits per heavy atom.